The van der Waals surface area contributed by atoms with Gasteiger partial charge in [0, 0.05) is 74.2 Å². The number of rotatable bonds is 11. The van der Waals surface area contributed by atoms with Crippen molar-refractivity contribution in [3.05, 3.63) is 102 Å². The number of nitriles is 1. The van der Waals surface area contributed by atoms with E-state index in [-0.39, 0.29) is 11.3 Å². The molecule has 2 aromatic carbocycles. The van der Waals surface area contributed by atoms with Crippen molar-refractivity contribution in [1.29, 1.82) is 5.26 Å². The second kappa shape index (κ2) is 13.4. The highest BCUT2D eigenvalue weighted by Gasteiger charge is 2.49. The molecule has 0 radical (unpaired) electrons. The number of aliphatic hydroxyl groups excluding tert-OH is 1. The first-order valence-corrected chi connectivity index (χ1v) is 16.5. The summed E-state index contributed by atoms with van der Waals surface area (Å²) in [6.07, 6.45) is 8.27. The number of benzene rings is 2. The molecule has 2 fully saturated rings. The maximum absolute atomic E-state index is 13.1. The third kappa shape index (κ3) is 6.40. The van der Waals surface area contributed by atoms with Crippen molar-refractivity contribution in [2.24, 2.45) is 0 Å². The zero-order valence-electron chi connectivity index (χ0n) is 27.5. The van der Waals surface area contributed by atoms with Crippen molar-refractivity contribution in [3.8, 4) is 17.3 Å². The average molecular weight is 644 g/mol. The van der Waals surface area contributed by atoms with Gasteiger partial charge in [-0.15, -0.1) is 0 Å². The monoisotopic (exact) mass is 643 g/mol. The maximum atomic E-state index is 13.1. The van der Waals surface area contributed by atoms with E-state index in [1.807, 2.05) is 73.8 Å². The van der Waals surface area contributed by atoms with Crippen LogP contribution < -0.4 is 0 Å². The van der Waals surface area contributed by atoms with E-state index in [4.69, 9.17) is 5.10 Å². The van der Waals surface area contributed by atoms with Gasteiger partial charge in [-0.25, -0.2) is 9.97 Å². The van der Waals surface area contributed by atoms with Crippen LogP contribution in [0.25, 0.3) is 22.3 Å². The summed E-state index contributed by atoms with van der Waals surface area (Å²) in [6, 6.07) is 19.9. The first-order chi connectivity index (χ1) is 23.3. The summed E-state index contributed by atoms with van der Waals surface area (Å²) in [6.45, 7) is 5.22. The number of aromatic amines is 1. The molecule has 246 valence electrons. The Bertz CT molecular complexity index is 1930. The van der Waals surface area contributed by atoms with Gasteiger partial charge in [-0.3, -0.25) is 19.3 Å². The molecule has 1 unspecified atom stereocenters. The fourth-order valence-corrected chi connectivity index (χ4v) is 7.40. The minimum Gasteiger partial charge on any atom is -0.380 e. The van der Waals surface area contributed by atoms with Crippen molar-refractivity contribution in [2.75, 3.05) is 40.3 Å². The molecule has 4 heterocycles. The molecule has 3 aromatic heterocycles. The molecule has 2 aliphatic rings. The van der Waals surface area contributed by atoms with Crippen molar-refractivity contribution >= 4 is 16.8 Å². The van der Waals surface area contributed by atoms with E-state index in [9.17, 15) is 15.2 Å². The van der Waals surface area contributed by atoms with Crippen LogP contribution in [0.3, 0.4) is 0 Å². The summed E-state index contributed by atoms with van der Waals surface area (Å²) in [5.74, 6) is -0.288. The molecule has 7 rings (SSSR count). The standard InChI is InChI=1S/C37H41N9O2/c1-43(2)22-26-16-27(18-29(17-26)35(48)34(47)28-6-4-3-5-7-28)23-44-12-14-45(15-13-44)31-19-37(20-31,9-10-38)46-24-30(21-42-46)33-32-8-11-39-36(32)41-25-40-33/h3-8,11,16-18,21,24-25,31,35,48H,9,12-15,19-20,22-23H2,1-2H3,(H,39,40,41)/t31-,35?,37-. The van der Waals surface area contributed by atoms with Crippen molar-refractivity contribution in [2.45, 2.75) is 50.0 Å². The lowest BCUT2D eigenvalue weighted by molar-refractivity contribution is -0.0191. The number of H-pyrrole nitrogens is 1. The molecular formula is C37H41N9O2. The molecule has 0 amide bonds. The summed E-state index contributed by atoms with van der Waals surface area (Å²) in [5, 5.41) is 26.6. The largest absolute Gasteiger partial charge is 0.380 e. The van der Waals surface area contributed by atoms with Gasteiger partial charge in [0.2, 0.25) is 0 Å². The molecule has 1 aliphatic carbocycles. The zero-order valence-corrected chi connectivity index (χ0v) is 27.5. The highest BCUT2D eigenvalue weighted by molar-refractivity contribution is 5.99. The zero-order chi connectivity index (χ0) is 33.3. The van der Waals surface area contributed by atoms with Gasteiger partial charge in [-0.05, 0) is 49.7 Å². The van der Waals surface area contributed by atoms with Crippen LogP contribution in [0.2, 0.25) is 0 Å². The SMILES string of the molecule is CN(C)Cc1cc(CN2CCN([C@H]3C[C@](CC#N)(n4cc(-c5ncnc6[nH]ccc56)cn4)C3)CC2)cc(C(O)C(=O)c2ccccc2)c1. The predicted octanol–water partition coefficient (Wildman–Crippen LogP) is 4.39. The van der Waals surface area contributed by atoms with Gasteiger partial charge in [-0.2, -0.15) is 10.4 Å². The number of nitrogens with one attached hydrogen (secondary N) is 1. The molecule has 11 heteroatoms. The number of hydrogen-bond acceptors (Lipinski definition) is 9. The van der Waals surface area contributed by atoms with Crippen LogP contribution in [-0.4, -0.2) is 96.6 Å². The number of aliphatic hydroxyl groups is 1. The maximum Gasteiger partial charge on any atom is 0.195 e. The molecule has 11 nitrogen and oxygen atoms in total. The number of carbonyl (C=O) groups is 1. The van der Waals surface area contributed by atoms with Gasteiger partial charge >= 0.3 is 0 Å². The number of hydrogen-bond donors (Lipinski definition) is 2. The van der Waals surface area contributed by atoms with Crippen LogP contribution in [0.4, 0.5) is 0 Å². The van der Waals surface area contributed by atoms with Crippen LogP contribution in [-0.2, 0) is 18.6 Å². The normalized spacial score (nSPS) is 20.9. The first-order valence-electron chi connectivity index (χ1n) is 16.5. The van der Waals surface area contributed by atoms with Crippen molar-refractivity contribution < 1.29 is 9.90 Å². The smallest absolute Gasteiger partial charge is 0.195 e. The number of fused-ring (bicyclic) bond motifs is 1. The van der Waals surface area contributed by atoms with E-state index >= 15 is 0 Å². The van der Waals surface area contributed by atoms with E-state index in [2.05, 4.69) is 41.8 Å². The van der Waals surface area contributed by atoms with Crippen LogP contribution in [0.5, 0.6) is 0 Å². The van der Waals surface area contributed by atoms with Gasteiger partial charge in [0.15, 0.2) is 5.78 Å². The number of aromatic nitrogens is 5. The summed E-state index contributed by atoms with van der Waals surface area (Å²) in [4.78, 5) is 32.1. The third-order valence-electron chi connectivity index (χ3n) is 9.86. The topological polar surface area (TPSA) is 130 Å². The second-order valence-electron chi connectivity index (χ2n) is 13.5. The highest BCUT2D eigenvalue weighted by Crippen LogP contribution is 2.45. The molecule has 1 aliphatic heterocycles. The van der Waals surface area contributed by atoms with Crippen molar-refractivity contribution in [1.82, 2.24) is 39.4 Å². The number of Topliss-reactive ketones (excluding diaryl/α,β-unsaturated/α-hetero) is 1. The second-order valence-corrected chi connectivity index (χ2v) is 13.5. The molecule has 1 saturated heterocycles. The Morgan fingerprint density at radius 2 is 1.85 bits per heavy atom. The Morgan fingerprint density at radius 3 is 2.60 bits per heavy atom. The van der Waals surface area contributed by atoms with Crippen LogP contribution in [0.15, 0.2) is 79.5 Å². The number of piperazine rings is 1. The van der Waals surface area contributed by atoms with E-state index in [1.165, 1.54) is 0 Å². The molecule has 0 bridgehead atoms. The first kappa shape index (κ1) is 31.8. The van der Waals surface area contributed by atoms with E-state index in [0.717, 1.165) is 85.5 Å². The summed E-state index contributed by atoms with van der Waals surface area (Å²) in [7, 11) is 4.04. The van der Waals surface area contributed by atoms with Gasteiger partial charge in [0.25, 0.3) is 0 Å². The fraction of sp³-hybridized carbons (Fsp3) is 0.378. The Balaban J connectivity index is 0.994. The van der Waals surface area contributed by atoms with E-state index < -0.39 is 6.10 Å². The van der Waals surface area contributed by atoms with E-state index in [0.29, 0.717) is 23.6 Å². The summed E-state index contributed by atoms with van der Waals surface area (Å²) < 4.78 is 1.99. The number of ketones is 1. The van der Waals surface area contributed by atoms with E-state index in [1.54, 1.807) is 18.5 Å². The molecule has 48 heavy (non-hydrogen) atoms. The quantitative estimate of drug-likeness (QED) is 0.201. The van der Waals surface area contributed by atoms with Crippen molar-refractivity contribution in [3.63, 3.8) is 0 Å². The third-order valence-corrected chi connectivity index (χ3v) is 9.86. The summed E-state index contributed by atoms with van der Waals surface area (Å²) >= 11 is 0. The lowest BCUT2D eigenvalue weighted by Crippen LogP contribution is -2.60. The summed E-state index contributed by atoms with van der Waals surface area (Å²) in [5.41, 5.74) is 5.55. The Hall–Kier alpha value is -4.73. The average Bonchev–Trinajstić information content (AvgIpc) is 3.77. The molecule has 0 spiro atoms. The molecule has 1 saturated carbocycles. The predicted molar refractivity (Wildman–Crippen MR) is 183 cm³/mol. The van der Waals surface area contributed by atoms with Crippen LogP contribution in [0, 0.1) is 11.3 Å². The molecular weight excluding hydrogens is 602 g/mol. The van der Waals surface area contributed by atoms with Crippen LogP contribution in [0.1, 0.15) is 52.4 Å². The van der Waals surface area contributed by atoms with Gasteiger partial charge in [-0.1, -0.05) is 48.5 Å². The lowest BCUT2D eigenvalue weighted by atomic mass is 9.70. The number of nitrogens with zero attached hydrogens (tertiary/aromatic N) is 8. The highest BCUT2D eigenvalue weighted by atomic mass is 16.3. The number of carbonyl (C=O) groups excluding carboxylic acids is 1. The molecule has 5 aromatic rings. The van der Waals surface area contributed by atoms with Gasteiger partial charge in [0.1, 0.15) is 18.1 Å². The van der Waals surface area contributed by atoms with Crippen LogP contribution >= 0.6 is 0 Å². The molecule has 2 N–H and O–H groups in total. The minimum atomic E-state index is -1.21. The van der Waals surface area contributed by atoms with Gasteiger partial charge in [0.05, 0.1) is 29.9 Å². The molecule has 1 atom stereocenters. The van der Waals surface area contributed by atoms with Gasteiger partial charge < -0.3 is 15.0 Å². The fourth-order valence-electron chi connectivity index (χ4n) is 7.40. The lowest BCUT2D eigenvalue weighted by Gasteiger charge is -2.52. The Labute approximate surface area is 280 Å². The Morgan fingerprint density at radius 1 is 1.08 bits per heavy atom. The minimum absolute atomic E-state index is 0.288. The Kier molecular flexibility index (Phi) is 8.90.